The summed E-state index contributed by atoms with van der Waals surface area (Å²) in [5.41, 5.74) is 0. The minimum Gasteiger partial charge on any atom is -0.165 e. The number of hydrogen-bond acceptors (Lipinski definition) is 0. The first-order valence-electron chi connectivity index (χ1n) is 2.70. The van der Waals surface area contributed by atoms with E-state index in [1.165, 1.54) is 0 Å². The summed E-state index contributed by atoms with van der Waals surface area (Å²) in [6.07, 6.45) is 0. The lowest BCUT2D eigenvalue weighted by molar-refractivity contribution is 1.84. The Morgan fingerprint density at radius 1 is 1.00 bits per heavy atom. The largest absolute Gasteiger partial charge is 0.210 e. The van der Waals surface area contributed by atoms with Crippen molar-refractivity contribution in [2.24, 2.45) is 0 Å². The zero-order valence-electron chi connectivity index (χ0n) is 5.07. The van der Waals surface area contributed by atoms with E-state index in [0.29, 0.717) is 17.7 Å². The predicted molar refractivity (Wildman–Crippen MR) is 48.9 cm³/mol. The molecule has 1 aromatic carbocycles. The molecule has 0 aliphatic rings. The second-order valence-electron chi connectivity index (χ2n) is 1.77. The summed E-state index contributed by atoms with van der Waals surface area (Å²) < 4.78 is 0. The van der Waals surface area contributed by atoms with Crippen molar-refractivity contribution >= 4 is 50.2 Å². The van der Waals surface area contributed by atoms with Crippen LogP contribution in [0.3, 0.4) is 0 Å². The van der Waals surface area contributed by atoms with Gasteiger partial charge in [0.05, 0.1) is 0 Å². The van der Waals surface area contributed by atoms with Gasteiger partial charge in [-0.15, -0.1) is 0 Å². The van der Waals surface area contributed by atoms with Crippen molar-refractivity contribution in [2.45, 2.75) is 0 Å². The van der Waals surface area contributed by atoms with Gasteiger partial charge in [-0.2, -0.15) is 22.2 Å². The fourth-order valence-corrected chi connectivity index (χ4v) is 2.22. The summed E-state index contributed by atoms with van der Waals surface area (Å²) in [5.74, 6) is 0. The lowest BCUT2D eigenvalue weighted by Gasteiger charge is -1.95. The van der Waals surface area contributed by atoms with Crippen LogP contribution in [0, 0.1) is 0 Å². The Morgan fingerprint density at radius 3 is 1.90 bits per heavy atom. The number of rotatable bonds is 2. The van der Waals surface area contributed by atoms with Gasteiger partial charge in [-0.3, -0.25) is 0 Å². The number of hydrogen-bond donors (Lipinski definition) is 0. The molecule has 0 aliphatic carbocycles. The van der Waals surface area contributed by atoms with Crippen LogP contribution in [-0.2, 0) is 0 Å². The molecule has 4 heteroatoms. The van der Waals surface area contributed by atoms with Gasteiger partial charge in [-0.1, -0.05) is 24.3 Å². The van der Waals surface area contributed by atoms with Crippen molar-refractivity contribution in [1.29, 1.82) is 0 Å². The van der Waals surface area contributed by atoms with Crippen molar-refractivity contribution < 1.29 is 0 Å². The highest BCUT2D eigenvalue weighted by atomic mass is 35.6. The first-order chi connectivity index (χ1) is 4.86. The van der Waals surface area contributed by atoms with Gasteiger partial charge in [0.2, 0.25) is 17.7 Å². The lowest BCUT2D eigenvalue weighted by Crippen LogP contribution is -2.18. The van der Waals surface area contributed by atoms with Crippen LogP contribution in [0.15, 0.2) is 24.3 Å². The fraction of sp³-hybridized carbons (Fsp3) is 0. The molecule has 0 spiro atoms. The van der Waals surface area contributed by atoms with Crippen LogP contribution in [0.5, 0.6) is 0 Å². The topological polar surface area (TPSA) is 0 Å². The molecular weight excluding hydrogens is 199 g/mol. The standard InChI is InChI=1S/C6H4Cl2Si2/c7-9-5-2-1-3-6(4-5)10-8/h1-4H. The summed E-state index contributed by atoms with van der Waals surface area (Å²) in [5, 5.41) is 2.32. The molecule has 0 saturated heterocycles. The van der Waals surface area contributed by atoms with Crippen LogP contribution in [0.25, 0.3) is 0 Å². The van der Waals surface area contributed by atoms with Crippen LogP contribution >= 0.6 is 22.2 Å². The van der Waals surface area contributed by atoms with E-state index in [0.717, 1.165) is 10.4 Å². The van der Waals surface area contributed by atoms with E-state index >= 15 is 0 Å². The van der Waals surface area contributed by atoms with E-state index in [1.807, 2.05) is 24.3 Å². The van der Waals surface area contributed by atoms with Crippen LogP contribution in [0.2, 0.25) is 0 Å². The summed E-state index contributed by atoms with van der Waals surface area (Å²) >= 11 is 11.3. The van der Waals surface area contributed by atoms with E-state index in [9.17, 15) is 0 Å². The molecule has 0 aliphatic heterocycles. The average molecular weight is 203 g/mol. The Morgan fingerprint density at radius 2 is 1.50 bits per heavy atom. The van der Waals surface area contributed by atoms with Crippen molar-refractivity contribution in [3.05, 3.63) is 24.3 Å². The molecule has 0 heterocycles. The Balaban J connectivity index is 2.87. The highest BCUT2D eigenvalue weighted by Gasteiger charge is 1.94. The lowest BCUT2D eigenvalue weighted by atomic mass is 10.4. The van der Waals surface area contributed by atoms with Gasteiger partial charge in [0.25, 0.3) is 0 Å². The Hall–Kier alpha value is 0.234. The molecule has 1 aromatic rings. The number of halogens is 2. The van der Waals surface area contributed by atoms with E-state index in [-0.39, 0.29) is 0 Å². The molecule has 0 saturated carbocycles. The van der Waals surface area contributed by atoms with Gasteiger partial charge >= 0.3 is 0 Å². The SMILES string of the molecule is Cl[Si]c1cccc([Si]Cl)c1. The molecule has 50 valence electrons. The third-order valence-corrected chi connectivity index (χ3v) is 3.45. The van der Waals surface area contributed by atoms with E-state index in [1.54, 1.807) is 0 Å². The molecule has 0 amide bonds. The van der Waals surface area contributed by atoms with Gasteiger partial charge in [0.15, 0.2) is 0 Å². The molecular formula is C6H4Cl2Si2. The summed E-state index contributed by atoms with van der Waals surface area (Å²) in [4.78, 5) is 0. The van der Waals surface area contributed by atoms with E-state index in [2.05, 4.69) is 0 Å². The van der Waals surface area contributed by atoms with E-state index in [4.69, 9.17) is 22.2 Å². The molecule has 0 bridgehead atoms. The van der Waals surface area contributed by atoms with Crippen LogP contribution in [0.4, 0.5) is 0 Å². The van der Waals surface area contributed by atoms with Crippen LogP contribution in [0.1, 0.15) is 0 Å². The van der Waals surface area contributed by atoms with Gasteiger partial charge in [-0.05, 0) is 10.4 Å². The Kier molecular flexibility index (Phi) is 3.48. The maximum Gasteiger partial charge on any atom is 0.210 e. The summed E-state index contributed by atoms with van der Waals surface area (Å²) in [6, 6.07) is 8.03. The Labute approximate surface area is 74.6 Å². The monoisotopic (exact) mass is 202 g/mol. The number of benzene rings is 1. The normalized spacial score (nSPS) is 9.80. The molecule has 4 radical (unpaired) electrons. The van der Waals surface area contributed by atoms with Crippen molar-refractivity contribution in [3.8, 4) is 0 Å². The highest BCUT2D eigenvalue weighted by molar-refractivity contribution is 7.03. The third kappa shape index (κ3) is 2.13. The van der Waals surface area contributed by atoms with Crippen molar-refractivity contribution in [3.63, 3.8) is 0 Å². The second-order valence-corrected chi connectivity index (χ2v) is 4.44. The fourth-order valence-electron chi connectivity index (χ4n) is 0.637. The maximum absolute atomic E-state index is 5.64. The highest BCUT2D eigenvalue weighted by Crippen LogP contribution is 1.82. The molecule has 0 aromatic heterocycles. The molecule has 0 N–H and O–H groups in total. The van der Waals surface area contributed by atoms with Crippen LogP contribution < -0.4 is 10.4 Å². The molecule has 1 rings (SSSR count). The average Bonchev–Trinajstić information content (AvgIpc) is 2.05. The molecule has 0 unspecified atom stereocenters. The zero-order chi connectivity index (χ0) is 7.40. The van der Waals surface area contributed by atoms with E-state index < -0.39 is 0 Å². The smallest absolute Gasteiger partial charge is 0.165 e. The van der Waals surface area contributed by atoms with Gasteiger partial charge in [0, 0.05) is 0 Å². The van der Waals surface area contributed by atoms with Gasteiger partial charge in [-0.25, -0.2) is 0 Å². The van der Waals surface area contributed by atoms with Gasteiger partial charge in [0.1, 0.15) is 0 Å². The summed E-state index contributed by atoms with van der Waals surface area (Å²) in [6.45, 7) is 0. The zero-order valence-corrected chi connectivity index (χ0v) is 8.58. The molecule has 0 atom stereocenters. The second kappa shape index (κ2) is 4.18. The Bertz CT molecular complexity index is 195. The van der Waals surface area contributed by atoms with Crippen molar-refractivity contribution in [2.75, 3.05) is 0 Å². The molecule has 0 nitrogen and oxygen atoms in total. The third-order valence-electron chi connectivity index (χ3n) is 1.08. The van der Waals surface area contributed by atoms with Gasteiger partial charge < -0.3 is 0 Å². The minimum absolute atomic E-state index is 0.347. The molecule has 10 heavy (non-hydrogen) atoms. The summed E-state index contributed by atoms with van der Waals surface area (Å²) in [7, 11) is 0.695. The minimum atomic E-state index is 0.347. The first-order valence-corrected chi connectivity index (χ1v) is 6.72. The van der Waals surface area contributed by atoms with Crippen molar-refractivity contribution in [1.82, 2.24) is 0 Å². The maximum atomic E-state index is 5.64. The quantitative estimate of drug-likeness (QED) is 0.489. The first kappa shape index (κ1) is 8.33. The predicted octanol–water partition coefficient (Wildman–Crippen LogP) is 0.653. The van der Waals surface area contributed by atoms with Crippen LogP contribution in [-0.4, -0.2) is 17.7 Å². The molecule has 0 fully saturated rings.